The smallest absolute Gasteiger partial charge is 0.332 e. The van der Waals surface area contributed by atoms with Gasteiger partial charge < -0.3 is 29.4 Å². The van der Waals surface area contributed by atoms with Crippen molar-refractivity contribution in [3.05, 3.63) is 53.7 Å². The van der Waals surface area contributed by atoms with Gasteiger partial charge in [0.1, 0.15) is 11.3 Å². The van der Waals surface area contributed by atoms with Gasteiger partial charge >= 0.3 is 5.97 Å². The third-order valence-corrected chi connectivity index (χ3v) is 5.25. The Morgan fingerprint density at radius 3 is 2.91 bits per heavy atom. The molecule has 1 aromatic heterocycles. The van der Waals surface area contributed by atoms with E-state index in [1.807, 2.05) is 6.08 Å². The Balaban J connectivity index is 1.34. The predicted molar refractivity (Wildman–Crippen MR) is 113 cm³/mol. The molecule has 9 heteroatoms. The zero-order chi connectivity index (χ0) is 22.5. The number of ether oxygens (including phenoxy) is 4. The summed E-state index contributed by atoms with van der Waals surface area (Å²) < 4.78 is 22.0. The van der Waals surface area contributed by atoms with Crippen LogP contribution in [0.5, 0.6) is 23.1 Å². The molecule has 1 aromatic carbocycles. The van der Waals surface area contributed by atoms with Crippen LogP contribution in [0.1, 0.15) is 36.5 Å². The second-order valence-corrected chi connectivity index (χ2v) is 7.53. The van der Waals surface area contributed by atoms with E-state index >= 15 is 0 Å². The lowest BCUT2D eigenvalue weighted by molar-refractivity contribution is -0.153. The standard InChI is InChI=1S/C23H24N2O7/c1-14(23(27)28)31-16-6-4-15(5-7-16)12-25-21(26)18-3-2-10-24-22(18)32-17-8-9-19-20(11-17)30-13-29-19/h2-4,8-11,14,16H,5-7,12-13H2,1H3,(H,25,26)(H,27,28)/t14-,16?/m1/s1. The fourth-order valence-corrected chi connectivity index (χ4v) is 3.48. The summed E-state index contributed by atoms with van der Waals surface area (Å²) in [5.74, 6) is 0.627. The van der Waals surface area contributed by atoms with Crippen molar-refractivity contribution < 1.29 is 33.6 Å². The van der Waals surface area contributed by atoms with Gasteiger partial charge in [0.05, 0.1) is 6.10 Å². The van der Waals surface area contributed by atoms with Crippen LogP contribution in [0.15, 0.2) is 48.2 Å². The van der Waals surface area contributed by atoms with Crippen molar-refractivity contribution in [2.45, 2.75) is 38.4 Å². The number of carboxylic acids is 1. The second kappa shape index (κ2) is 9.69. The number of carbonyl (C=O) groups is 2. The molecule has 1 unspecified atom stereocenters. The van der Waals surface area contributed by atoms with Crippen LogP contribution in [0.25, 0.3) is 0 Å². The first-order chi connectivity index (χ1) is 15.5. The molecule has 2 aromatic rings. The van der Waals surface area contributed by atoms with Crippen molar-refractivity contribution in [2.75, 3.05) is 13.3 Å². The molecule has 32 heavy (non-hydrogen) atoms. The van der Waals surface area contributed by atoms with Gasteiger partial charge in [-0.05, 0) is 50.5 Å². The van der Waals surface area contributed by atoms with Gasteiger partial charge in [-0.1, -0.05) is 11.6 Å². The summed E-state index contributed by atoms with van der Waals surface area (Å²) in [5.41, 5.74) is 1.39. The van der Waals surface area contributed by atoms with E-state index in [0.717, 1.165) is 12.0 Å². The molecule has 2 N–H and O–H groups in total. The molecule has 4 rings (SSSR count). The molecule has 2 atom stereocenters. The lowest BCUT2D eigenvalue weighted by Gasteiger charge is -2.24. The first kappa shape index (κ1) is 21.6. The number of nitrogens with one attached hydrogen (secondary N) is 1. The number of amides is 1. The first-order valence-electron chi connectivity index (χ1n) is 10.4. The topological polar surface area (TPSA) is 116 Å². The third-order valence-electron chi connectivity index (χ3n) is 5.25. The molecule has 1 aliphatic carbocycles. The zero-order valence-corrected chi connectivity index (χ0v) is 17.6. The fraction of sp³-hybridized carbons (Fsp3) is 0.348. The maximum atomic E-state index is 12.8. The van der Waals surface area contributed by atoms with Crippen molar-refractivity contribution in [3.63, 3.8) is 0 Å². The number of nitrogens with zero attached hydrogens (tertiary/aromatic N) is 1. The molecule has 168 valence electrons. The molecule has 0 radical (unpaired) electrons. The Morgan fingerprint density at radius 2 is 2.12 bits per heavy atom. The monoisotopic (exact) mass is 440 g/mol. The quantitative estimate of drug-likeness (QED) is 0.601. The summed E-state index contributed by atoms with van der Waals surface area (Å²) in [5, 5.41) is 11.9. The number of carboxylic acid groups (broad SMARTS) is 1. The van der Waals surface area contributed by atoms with Gasteiger partial charge in [0.2, 0.25) is 12.7 Å². The summed E-state index contributed by atoms with van der Waals surface area (Å²) in [4.78, 5) is 27.9. The van der Waals surface area contributed by atoms with E-state index in [-0.39, 0.29) is 24.7 Å². The van der Waals surface area contributed by atoms with E-state index < -0.39 is 12.1 Å². The number of carbonyl (C=O) groups excluding carboxylic acids is 1. The van der Waals surface area contributed by atoms with Gasteiger partial charge in [0.15, 0.2) is 17.6 Å². The summed E-state index contributed by atoms with van der Waals surface area (Å²) in [6.07, 6.45) is 4.66. The van der Waals surface area contributed by atoms with E-state index in [4.69, 9.17) is 24.1 Å². The summed E-state index contributed by atoms with van der Waals surface area (Å²) in [6, 6.07) is 8.48. The summed E-state index contributed by atoms with van der Waals surface area (Å²) >= 11 is 0. The summed E-state index contributed by atoms with van der Waals surface area (Å²) in [7, 11) is 0. The minimum atomic E-state index is -0.970. The van der Waals surface area contributed by atoms with Crippen LogP contribution in [0.4, 0.5) is 0 Å². The molecule has 2 heterocycles. The number of hydrogen-bond donors (Lipinski definition) is 2. The SMILES string of the molecule is C[C@@H](OC1CC=C(CNC(=O)c2cccnc2Oc2ccc3c(c2)OCO3)CC1)C(=O)O. The van der Waals surface area contributed by atoms with Crippen LogP contribution in [-0.2, 0) is 9.53 Å². The number of aromatic nitrogens is 1. The predicted octanol–water partition coefficient (Wildman–Crippen LogP) is 3.30. The number of hydrogen-bond acceptors (Lipinski definition) is 7. The van der Waals surface area contributed by atoms with Gasteiger partial charge in [-0.15, -0.1) is 0 Å². The summed E-state index contributed by atoms with van der Waals surface area (Å²) in [6.45, 7) is 2.08. The van der Waals surface area contributed by atoms with E-state index in [9.17, 15) is 9.59 Å². The second-order valence-electron chi connectivity index (χ2n) is 7.53. The van der Waals surface area contributed by atoms with Gasteiger partial charge in [0.25, 0.3) is 5.91 Å². The maximum Gasteiger partial charge on any atom is 0.332 e. The van der Waals surface area contributed by atoms with E-state index in [1.165, 1.54) is 6.92 Å². The van der Waals surface area contributed by atoms with Gasteiger partial charge in [0, 0.05) is 18.8 Å². The maximum absolute atomic E-state index is 12.8. The van der Waals surface area contributed by atoms with Gasteiger partial charge in [-0.25, -0.2) is 9.78 Å². The molecule has 0 bridgehead atoms. The molecule has 0 saturated heterocycles. The highest BCUT2D eigenvalue weighted by molar-refractivity contribution is 5.96. The van der Waals surface area contributed by atoms with Crippen molar-refractivity contribution in [3.8, 4) is 23.1 Å². The molecular formula is C23H24N2O7. The van der Waals surface area contributed by atoms with Crippen LogP contribution in [0.3, 0.4) is 0 Å². The van der Waals surface area contributed by atoms with Crippen LogP contribution in [-0.4, -0.2) is 47.5 Å². The molecule has 0 saturated carbocycles. The molecule has 0 spiro atoms. The number of pyridine rings is 1. The largest absolute Gasteiger partial charge is 0.479 e. The van der Waals surface area contributed by atoms with Crippen LogP contribution < -0.4 is 19.5 Å². The molecule has 9 nitrogen and oxygen atoms in total. The molecule has 0 fully saturated rings. The number of fused-ring (bicyclic) bond motifs is 1. The van der Waals surface area contributed by atoms with Crippen molar-refractivity contribution in [2.24, 2.45) is 0 Å². The van der Waals surface area contributed by atoms with E-state index in [1.54, 1.807) is 36.5 Å². The van der Waals surface area contributed by atoms with E-state index in [0.29, 0.717) is 42.2 Å². The average molecular weight is 440 g/mol. The van der Waals surface area contributed by atoms with Crippen LogP contribution in [0, 0.1) is 0 Å². The van der Waals surface area contributed by atoms with Crippen LogP contribution >= 0.6 is 0 Å². The molecular weight excluding hydrogens is 416 g/mol. The molecule has 1 amide bonds. The Kier molecular flexibility index (Phi) is 6.55. The Bertz CT molecular complexity index is 1040. The number of benzene rings is 1. The highest BCUT2D eigenvalue weighted by Gasteiger charge is 2.22. The minimum Gasteiger partial charge on any atom is -0.479 e. The Labute approximate surface area is 185 Å². The van der Waals surface area contributed by atoms with Crippen molar-refractivity contribution >= 4 is 11.9 Å². The molecule has 1 aliphatic heterocycles. The van der Waals surface area contributed by atoms with Crippen molar-refractivity contribution in [1.29, 1.82) is 0 Å². The average Bonchev–Trinajstić information content (AvgIpc) is 3.26. The fourth-order valence-electron chi connectivity index (χ4n) is 3.48. The highest BCUT2D eigenvalue weighted by atomic mass is 16.7. The zero-order valence-electron chi connectivity index (χ0n) is 17.6. The normalized spacial score (nSPS) is 17.9. The lowest BCUT2D eigenvalue weighted by atomic mass is 9.97. The third kappa shape index (κ3) is 5.17. The van der Waals surface area contributed by atoms with Crippen LogP contribution in [0.2, 0.25) is 0 Å². The van der Waals surface area contributed by atoms with Gasteiger partial charge in [-0.3, -0.25) is 4.79 Å². The minimum absolute atomic E-state index is 0.124. The Morgan fingerprint density at radius 1 is 1.28 bits per heavy atom. The lowest BCUT2D eigenvalue weighted by Crippen LogP contribution is -2.30. The first-order valence-corrected chi connectivity index (χ1v) is 10.4. The highest BCUT2D eigenvalue weighted by Crippen LogP contribution is 2.36. The van der Waals surface area contributed by atoms with E-state index in [2.05, 4.69) is 10.3 Å². The number of rotatable bonds is 8. The Hall–Kier alpha value is -3.59. The van der Waals surface area contributed by atoms with Crippen molar-refractivity contribution in [1.82, 2.24) is 10.3 Å². The van der Waals surface area contributed by atoms with Gasteiger partial charge in [-0.2, -0.15) is 0 Å². The molecule has 2 aliphatic rings. The number of aliphatic carboxylic acids is 1.